The Morgan fingerprint density at radius 3 is 2.71 bits per heavy atom. The van der Waals surface area contributed by atoms with E-state index in [1.54, 1.807) is 17.8 Å². The van der Waals surface area contributed by atoms with E-state index in [0.717, 1.165) is 0 Å². The van der Waals surface area contributed by atoms with Crippen molar-refractivity contribution in [3.63, 3.8) is 0 Å². The average Bonchev–Trinajstić information content (AvgIpc) is 3.08. The minimum absolute atomic E-state index is 0. The van der Waals surface area contributed by atoms with Crippen molar-refractivity contribution < 1.29 is 15.7 Å². The van der Waals surface area contributed by atoms with E-state index in [4.69, 9.17) is 11.1 Å². The molecule has 9 heteroatoms. The summed E-state index contributed by atoms with van der Waals surface area (Å²) in [6.07, 6.45) is 0. The largest absolute Gasteiger partial charge is 0.508 e. The molecule has 2 heterocycles. The maximum Gasteiger partial charge on any atom is 0.242 e. The lowest BCUT2D eigenvalue weighted by Gasteiger charge is -2.34. The number of amides is 1. The third-order valence-corrected chi connectivity index (χ3v) is 4.41. The molecule has 1 fully saturated rings. The Balaban J connectivity index is 0.00000136. The van der Waals surface area contributed by atoms with Crippen molar-refractivity contribution in [1.29, 1.82) is 5.41 Å². The fraction of sp³-hybridized carbons (Fsp3) is 0.421. The van der Waals surface area contributed by atoms with Crippen LogP contribution in [-0.4, -0.2) is 64.3 Å². The molecule has 154 valence electrons. The van der Waals surface area contributed by atoms with Gasteiger partial charge in [-0.2, -0.15) is 5.10 Å². The fourth-order valence-corrected chi connectivity index (χ4v) is 3.02. The van der Waals surface area contributed by atoms with Gasteiger partial charge < -0.3 is 20.6 Å². The lowest BCUT2D eigenvalue weighted by atomic mass is 10.1. The van der Waals surface area contributed by atoms with Crippen LogP contribution in [0.2, 0.25) is 0 Å². The zero-order chi connectivity index (χ0) is 20.8. The van der Waals surface area contributed by atoms with Crippen LogP contribution >= 0.6 is 0 Å². The highest BCUT2D eigenvalue weighted by atomic mass is 19.1. The number of phenols is 1. The molecule has 1 aliphatic heterocycles. The van der Waals surface area contributed by atoms with Gasteiger partial charge in [0.1, 0.15) is 23.9 Å². The third-order valence-electron chi connectivity index (χ3n) is 4.41. The summed E-state index contributed by atoms with van der Waals surface area (Å²) in [6.45, 7) is 4.71. The maximum atomic E-state index is 12.5. The Morgan fingerprint density at radius 1 is 1.36 bits per heavy atom. The number of carbonyl (C=O) groups is 1. The van der Waals surface area contributed by atoms with Crippen LogP contribution < -0.4 is 10.6 Å². The summed E-state index contributed by atoms with van der Waals surface area (Å²) in [6, 6.07) is 6.12. The number of hydrogen-bond acceptors (Lipinski definition) is 6. The van der Waals surface area contributed by atoms with Gasteiger partial charge in [0.25, 0.3) is 0 Å². The number of nitrogens with one attached hydrogen (secondary N) is 1. The number of phenolic OH excluding ortho intramolecular Hbond substituents is 1. The van der Waals surface area contributed by atoms with Gasteiger partial charge in [-0.15, -0.1) is 0 Å². The molecular weight excluding hydrogens is 363 g/mol. The quantitative estimate of drug-likeness (QED) is 0.409. The van der Waals surface area contributed by atoms with Crippen molar-refractivity contribution in [2.75, 3.05) is 43.5 Å². The summed E-state index contributed by atoms with van der Waals surface area (Å²) in [4.78, 5) is 15.5. The van der Waals surface area contributed by atoms with Crippen molar-refractivity contribution in [2.24, 2.45) is 7.05 Å². The molecule has 2 aromatic rings. The average molecular weight is 392 g/mol. The Kier molecular flexibility index (Phi) is 6.97. The van der Waals surface area contributed by atoms with Crippen molar-refractivity contribution in [3.8, 4) is 5.75 Å². The minimum atomic E-state index is -0.551. The second-order valence-corrected chi connectivity index (χ2v) is 6.15. The second-order valence-electron chi connectivity index (χ2n) is 6.15. The molecule has 3 rings (SSSR count). The number of aromatic hydroxyl groups is 1. The van der Waals surface area contributed by atoms with E-state index >= 15 is 0 Å². The van der Waals surface area contributed by atoms with Gasteiger partial charge in [-0.25, -0.2) is 4.39 Å². The van der Waals surface area contributed by atoms with Crippen molar-refractivity contribution in [1.82, 2.24) is 14.7 Å². The van der Waals surface area contributed by atoms with Crippen LogP contribution in [0.3, 0.4) is 0 Å². The van der Waals surface area contributed by atoms with Crippen LogP contribution in [-0.2, 0) is 11.8 Å². The molecule has 4 N–H and O–H groups in total. The van der Waals surface area contributed by atoms with E-state index in [1.165, 1.54) is 23.1 Å². The first-order valence-corrected chi connectivity index (χ1v) is 9.21. The van der Waals surface area contributed by atoms with Crippen LogP contribution in [0.25, 0.3) is 0 Å². The highest BCUT2D eigenvalue weighted by molar-refractivity contribution is 6.13. The molecule has 0 atom stereocenters. The molecule has 8 nitrogen and oxygen atoms in total. The van der Waals surface area contributed by atoms with E-state index in [1.807, 2.05) is 18.7 Å². The minimum Gasteiger partial charge on any atom is -0.508 e. The number of nitrogen functional groups attached to an aromatic ring is 1. The van der Waals surface area contributed by atoms with Gasteiger partial charge in [-0.3, -0.25) is 14.9 Å². The molecular formula is C19H29FN6O2. The number of piperazine rings is 1. The zero-order valence-corrected chi connectivity index (χ0v) is 16.4. The first-order chi connectivity index (χ1) is 13.4. The summed E-state index contributed by atoms with van der Waals surface area (Å²) in [5.41, 5.74) is 7.13. The second kappa shape index (κ2) is 9.20. The van der Waals surface area contributed by atoms with Crippen LogP contribution in [0.4, 0.5) is 15.9 Å². The fourth-order valence-electron chi connectivity index (χ4n) is 3.02. The van der Waals surface area contributed by atoms with Gasteiger partial charge in [0.15, 0.2) is 0 Å². The summed E-state index contributed by atoms with van der Waals surface area (Å²) < 4.78 is 14.1. The molecule has 0 aliphatic carbocycles. The van der Waals surface area contributed by atoms with Crippen LogP contribution in [0, 0.1) is 5.41 Å². The molecule has 1 aromatic heterocycles. The number of carbonyl (C=O) groups excluding carboxylic acids is 1. The van der Waals surface area contributed by atoms with Gasteiger partial charge in [0.05, 0.1) is 12.3 Å². The summed E-state index contributed by atoms with van der Waals surface area (Å²) in [5, 5.41) is 22.3. The number of hydrogen-bond donors (Lipinski definition) is 3. The van der Waals surface area contributed by atoms with Crippen LogP contribution in [0.5, 0.6) is 5.75 Å². The first kappa shape index (κ1) is 21.2. The van der Waals surface area contributed by atoms with E-state index < -0.39 is 6.67 Å². The highest BCUT2D eigenvalue weighted by Gasteiger charge is 2.26. The van der Waals surface area contributed by atoms with E-state index in [-0.39, 0.29) is 31.9 Å². The van der Waals surface area contributed by atoms with Gasteiger partial charge in [-0.1, -0.05) is 13.8 Å². The van der Waals surface area contributed by atoms with E-state index in [0.29, 0.717) is 35.9 Å². The Hall–Kier alpha value is -3.10. The number of anilines is 2. The zero-order valence-electron chi connectivity index (χ0n) is 16.4. The summed E-state index contributed by atoms with van der Waals surface area (Å²) in [5.74, 6) is 0.574. The maximum absolute atomic E-state index is 12.5. The lowest BCUT2D eigenvalue weighted by molar-refractivity contribution is -0.131. The first-order valence-electron chi connectivity index (χ1n) is 9.21. The lowest BCUT2D eigenvalue weighted by Crippen LogP contribution is -2.51. The topological polar surface area (TPSA) is 111 Å². The summed E-state index contributed by atoms with van der Waals surface area (Å²) >= 11 is 0. The van der Waals surface area contributed by atoms with Crippen molar-refractivity contribution in [2.45, 2.75) is 13.8 Å². The predicted molar refractivity (Wildman–Crippen MR) is 110 cm³/mol. The number of aromatic nitrogens is 2. The molecule has 1 aromatic carbocycles. The number of benzene rings is 1. The van der Waals surface area contributed by atoms with Gasteiger partial charge >= 0.3 is 0 Å². The molecule has 0 radical (unpaired) electrons. The summed E-state index contributed by atoms with van der Waals surface area (Å²) in [7, 11) is 1.73. The molecule has 1 saturated heterocycles. The van der Waals surface area contributed by atoms with Gasteiger partial charge in [0, 0.05) is 45.4 Å². The third kappa shape index (κ3) is 4.41. The monoisotopic (exact) mass is 392 g/mol. The smallest absolute Gasteiger partial charge is 0.242 e. The SMILES string of the molecule is CC.Cn1nc(C(=N)c2cc(O)ccc2N)cc1N1CCN(CCF)C(=O)C1.[HH]. The van der Waals surface area contributed by atoms with E-state index in [2.05, 4.69) is 5.10 Å². The Morgan fingerprint density at radius 2 is 2.07 bits per heavy atom. The number of rotatable bonds is 5. The molecule has 0 bridgehead atoms. The standard InChI is InChI=1S/C17H21FN6O2.C2H6.H2/c1-22-15(24-7-6-23(5-4-18)16(26)10-24)9-14(21-22)17(20)12-8-11(25)2-3-13(12)19;1-2;/h2-3,8-9,20,25H,4-7,10,19H2,1H3;1-2H3;1H. The van der Waals surface area contributed by atoms with Gasteiger partial charge in [0.2, 0.25) is 5.91 Å². The molecule has 0 spiro atoms. The number of nitrogens with two attached hydrogens (primary N) is 1. The molecule has 0 saturated carbocycles. The molecule has 28 heavy (non-hydrogen) atoms. The molecule has 1 aliphatic rings. The van der Waals surface area contributed by atoms with Crippen molar-refractivity contribution >= 4 is 23.1 Å². The van der Waals surface area contributed by atoms with Gasteiger partial charge in [-0.05, 0) is 18.2 Å². The normalized spacial score (nSPS) is 13.9. The Labute approximate surface area is 165 Å². The highest BCUT2D eigenvalue weighted by Crippen LogP contribution is 2.24. The number of nitrogens with zero attached hydrogens (tertiary/aromatic N) is 4. The van der Waals surface area contributed by atoms with Crippen LogP contribution in [0.1, 0.15) is 26.5 Å². The van der Waals surface area contributed by atoms with Crippen LogP contribution in [0.15, 0.2) is 24.3 Å². The number of alkyl halides is 1. The van der Waals surface area contributed by atoms with E-state index in [9.17, 15) is 14.3 Å². The van der Waals surface area contributed by atoms with Crippen molar-refractivity contribution in [3.05, 3.63) is 35.5 Å². The predicted octanol–water partition coefficient (Wildman–Crippen LogP) is 2.01. The number of aryl methyl sites for hydroxylation is 1. The number of halogens is 1. The molecule has 0 unspecified atom stereocenters. The Bertz CT molecular complexity index is 857. The molecule has 1 amide bonds.